The van der Waals surface area contributed by atoms with Crippen LogP contribution in [0.25, 0.3) is 0 Å². The molecule has 0 spiro atoms. The van der Waals surface area contributed by atoms with Crippen molar-refractivity contribution in [2.45, 2.75) is 31.7 Å². The van der Waals surface area contributed by atoms with E-state index in [1.807, 2.05) is 18.2 Å². The molecule has 136 valence electrons. The van der Waals surface area contributed by atoms with Crippen molar-refractivity contribution in [3.05, 3.63) is 24.3 Å². The molecule has 3 aliphatic rings. The normalized spacial score (nSPS) is 29.0. The SMILES string of the molecule is COc1ccccc1N1CCN(CC(=O)N[C@@H]2C[C@@H]3CC[C@@H]2C3)CC1. The van der Waals surface area contributed by atoms with Crippen LogP contribution in [-0.4, -0.2) is 56.7 Å². The summed E-state index contributed by atoms with van der Waals surface area (Å²) >= 11 is 0. The maximum absolute atomic E-state index is 12.4. The molecule has 1 aliphatic heterocycles. The van der Waals surface area contributed by atoms with Crippen molar-refractivity contribution < 1.29 is 9.53 Å². The number of rotatable bonds is 5. The number of hydrogen-bond acceptors (Lipinski definition) is 4. The molecule has 1 N–H and O–H groups in total. The smallest absolute Gasteiger partial charge is 0.234 e. The zero-order valence-corrected chi connectivity index (χ0v) is 15.1. The predicted octanol–water partition coefficient (Wildman–Crippen LogP) is 2.12. The Labute approximate surface area is 150 Å². The molecular formula is C20H29N3O2. The second-order valence-electron chi connectivity index (χ2n) is 7.78. The first-order valence-corrected chi connectivity index (χ1v) is 9.62. The second kappa shape index (κ2) is 7.24. The lowest BCUT2D eigenvalue weighted by molar-refractivity contribution is -0.123. The van der Waals surface area contributed by atoms with E-state index in [9.17, 15) is 4.79 Å². The average molecular weight is 343 g/mol. The van der Waals surface area contributed by atoms with Gasteiger partial charge in [-0.3, -0.25) is 9.69 Å². The summed E-state index contributed by atoms with van der Waals surface area (Å²) in [4.78, 5) is 17.0. The van der Waals surface area contributed by atoms with E-state index in [0.717, 1.165) is 49.5 Å². The number of fused-ring (bicyclic) bond motifs is 2. The number of hydrogen-bond donors (Lipinski definition) is 1. The van der Waals surface area contributed by atoms with E-state index in [4.69, 9.17) is 4.74 Å². The number of carbonyl (C=O) groups excluding carboxylic acids is 1. The zero-order valence-electron chi connectivity index (χ0n) is 15.1. The van der Waals surface area contributed by atoms with Crippen molar-refractivity contribution in [1.82, 2.24) is 10.2 Å². The minimum absolute atomic E-state index is 0.211. The van der Waals surface area contributed by atoms with Crippen LogP contribution in [0.2, 0.25) is 0 Å². The molecule has 2 aliphatic carbocycles. The van der Waals surface area contributed by atoms with E-state index in [-0.39, 0.29) is 5.91 Å². The monoisotopic (exact) mass is 343 g/mol. The molecule has 25 heavy (non-hydrogen) atoms. The highest BCUT2D eigenvalue weighted by atomic mass is 16.5. The number of nitrogens with zero attached hydrogens (tertiary/aromatic N) is 2. The Morgan fingerprint density at radius 2 is 1.96 bits per heavy atom. The summed E-state index contributed by atoms with van der Waals surface area (Å²) in [6.07, 6.45) is 5.23. The van der Waals surface area contributed by atoms with Crippen LogP contribution in [-0.2, 0) is 4.79 Å². The Bertz CT molecular complexity index is 613. The van der Waals surface area contributed by atoms with Gasteiger partial charge in [-0.15, -0.1) is 0 Å². The van der Waals surface area contributed by atoms with Crippen molar-refractivity contribution in [3.63, 3.8) is 0 Å². The number of methoxy groups -OCH3 is 1. The molecule has 1 aromatic rings. The van der Waals surface area contributed by atoms with Gasteiger partial charge in [-0.1, -0.05) is 18.6 Å². The number of anilines is 1. The fraction of sp³-hybridized carbons (Fsp3) is 0.650. The van der Waals surface area contributed by atoms with Crippen LogP contribution < -0.4 is 15.0 Å². The highest BCUT2D eigenvalue weighted by molar-refractivity contribution is 5.78. The predicted molar refractivity (Wildman–Crippen MR) is 99.0 cm³/mol. The van der Waals surface area contributed by atoms with E-state index in [0.29, 0.717) is 12.6 Å². The highest BCUT2D eigenvalue weighted by Crippen LogP contribution is 2.44. The number of nitrogens with one attached hydrogen (secondary N) is 1. The molecule has 4 rings (SSSR count). The van der Waals surface area contributed by atoms with Crippen molar-refractivity contribution >= 4 is 11.6 Å². The van der Waals surface area contributed by atoms with Gasteiger partial charge in [0, 0.05) is 32.2 Å². The molecule has 1 heterocycles. The van der Waals surface area contributed by atoms with E-state index in [2.05, 4.69) is 21.2 Å². The number of ether oxygens (including phenoxy) is 1. The Kier molecular flexibility index (Phi) is 4.84. The molecule has 3 atom stereocenters. The standard InChI is InChI=1S/C20H29N3O2/c1-25-19-5-3-2-4-18(19)23-10-8-22(9-11-23)14-20(24)21-17-13-15-6-7-16(17)12-15/h2-5,15-17H,6-14H2,1H3,(H,21,24)/t15-,16-,17-/m1/s1. The Morgan fingerprint density at radius 1 is 1.16 bits per heavy atom. The molecule has 5 heteroatoms. The third-order valence-corrected chi connectivity index (χ3v) is 6.25. The lowest BCUT2D eigenvalue weighted by Crippen LogP contribution is -2.51. The molecule has 3 fully saturated rings. The topological polar surface area (TPSA) is 44.8 Å². The minimum atomic E-state index is 0.211. The van der Waals surface area contributed by atoms with Crippen LogP contribution in [0.5, 0.6) is 5.75 Å². The zero-order chi connectivity index (χ0) is 17.2. The van der Waals surface area contributed by atoms with Gasteiger partial charge >= 0.3 is 0 Å². The molecule has 5 nitrogen and oxygen atoms in total. The Morgan fingerprint density at radius 3 is 2.64 bits per heavy atom. The average Bonchev–Trinajstić information content (AvgIpc) is 3.25. The maximum atomic E-state index is 12.4. The van der Waals surface area contributed by atoms with Crippen LogP contribution in [0.15, 0.2) is 24.3 Å². The molecule has 1 saturated heterocycles. The van der Waals surface area contributed by atoms with Crippen molar-refractivity contribution in [2.24, 2.45) is 11.8 Å². The van der Waals surface area contributed by atoms with Crippen LogP contribution in [0, 0.1) is 11.8 Å². The molecule has 1 aromatic carbocycles. The third-order valence-electron chi connectivity index (χ3n) is 6.25. The lowest BCUT2D eigenvalue weighted by atomic mass is 9.95. The first-order valence-electron chi connectivity index (χ1n) is 9.62. The number of para-hydroxylation sites is 2. The van der Waals surface area contributed by atoms with Gasteiger partial charge in [0.1, 0.15) is 5.75 Å². The van der Waals surface area contributed by atoms with Gasteiger partial charge in [0.15, 0.2) is 0 Å². The van der Waals surface area contributed by atoms with Crippen molar-refractivity contribution in [2.75, 3.05) is 44.7 Å². The summed E-state index contributed by atoms with van der Waals surface area (Å²) in [6, 6.07) is 8.60. The summed E-state index contributed by atoms with van der Waals surface area (Å²) < 4.78 is 5.47. The molecular weight excluding hydrogens is 314 g/mol. The van der Waals surface area contributed by atoms with E-state index < -0.39 is 0 Å². The summed E-state index contributed by atoms with van der Waals surface area (Å²) in [7, 11) is 1.72. The number of carbonyl (C=O) groups is 1. The summed E-state index contributed by atoms with van der Waals surface area (Å²) in [6.45, 7) is 4.24. The first-order chi connectivity index (χ1) is 12.2. The van der Waals surface area contributed by atoms with Crippen LogP contribution >= 0.6 is 0 Å². The molecule has 1 amide bonds. The van der Waals surface area contributed by atoms with E-state index in [1.165, 1.54) is 25.7 Å². The summed E-state index contributed by atoms with van der Waals surface area (Å²) in [5.41, 5.74) is 1.15. The number of amides is 1. The fourth-order valence-corrected chi connectivity index (χ4v) is 4.91. The highest BCUT2D eigenvalue weighted by Gasteiger charge is 2.40. The lowest BCUT2D eigenvalue weighted by Gasteiger charge is -2.36. The largest absolute Gasteiger partial charge is 0.495 e. The van der Waals surface area contributed by atoms with Crippen LogP contribution in [0.1, 0.15) is 25.7 Å². The summed E-state index contributed by atoms with van der Waals surface area (Å²) in [5.74, 6) is 2.75. The fourth-order valence-electron chi connectivity index (χ4n) is 4.91. The molecule has 2 bridgehead atoms. The number of benzene rings is 1. The molecule has 0 aromatic heterocycles. The van der Waals surface area contributed by atoms with Gasteiger partial charge < -0.3 is 15.0 Å². The van der Waals surface area contributed by atoms with Gasteiger partial charge in [-0.05, 0) is 43.2 Å². The minimum Gasteiger partial charge on any atom is -0.495 e. The first kappa shape index (κ1) is 16.7. The van der Waals surface area contributed by atoms with Gasteiger partial charge in [0.2, 0.25) is 5.91 Å². The van der Waals surface area contributed by atoms with Crippen molar-refractivity contribution in [1.29, 1.82) is 0 Å². The Hall–Kier alpha value is -1.75. The van der Waals surface area contributed by atoms with Crippen molar-refractivity contribution in [3.8, 4) is 5.75 Å². The van der Waals surface area contributed by atoms with E-state index >= 15 is 0 Å². The van der Waals surface area contributed by atoms with Gasteiger partial charge in [0.05, 0.1) is 19.3 Å². The van der Waals surface area contributed by atoms with Crippen LogP contribution in [0.3, 0.4) is 0 Å². The van der Waals surface area contributed by atoms with E-state index in [1.54, 1.807) is 7.11 Å². The van der Waals surface area contributed by atoms with Gasteiger partial charge in [-0.2, -0.15) is 0 Å². The number of piperazine rings is 1. The molecule has 0 unspecified atom stereocenters. The van der Waals surface area contributed by atoms with Gasteiger partial charge in [-0.25, -0.2) is 0 Å². The second-order valence-corrected chi connectivity index (χ2v) is 7.78. The Balaban J connectivity index is 1.25. The quantitative estimate of drug-likeness (QED) is 0.889. The molecule has 2 saturated carbocycles. The molecule has 0 radical (unpaired) electrons. The van der Waals surface area contributed by atoms with Gasteiger partial charge in [0.25, 0.3) is 0 Å². The summed E-state index contributed by atoms with van der Waals surface area (Å²) in [5, 5.41) is 3.30. The van der Waals surface area contributed by atoms with Crippen LogP contribution in [0.4, 0.5) is 5.69 Å². The third kappa shape index (κ3) is 3.61. The maximum Gasteiger partial charge on any atom is 0.234 e.